The van der Waals surface area contributed by atoms with Crippen LogP contribution in [-0.4, -0.2) is 11.5 Å². The summed E-state index contributed by atoms with van der Waals surface area (Å²) in [6.07, 6.45) is 3.75. The van der Waals surface area contributed by atoms with Crippen molar-refractivity contribution in [1.29, 1.82) is 0 Å². The van der Waals surface area contributed by atoms with Gasteiger partial charge in [-0.15, -0.1) is 0 Å². The van der Waals surface area contributed by atoms with Crippen molar-refractivity contribution >= 4 is 16.7 Å². The van der Waals surface area contributed by atoms with Gasteiger partial charge in [0.2, 0.25) is 0 Å². The van der Waals surface area contributed by atoms with Gasteiger partial charge in [-0.1, -0.05) is 18.2 Å². The Morgan fingerprint density at radius 1 is 1.00 bits per heavy atom. The highest BCUT2D eigenvalue weighted by molar-refractivity contribution is 5.80. The Labute approximate surface area is 95.9 Å². The minimum absolute atomic E-state index is 1.08. The van der Waals surface area contributed by atoms with Gasteiger partial charge in [-0.2, -0.15) is 0 Å². The number of para-hydroxylation sites is 1. The summed E-state index contributed by atoms with van der Waals surface area (Å²) in [5.41, 5.74) is 1.08. The summed E-state index contributed by atoms with van der Waals surface area (Å²) >= 11 is 0. The van der Waals surface area contributed by atoms with Crippen molar-refractivity contribution in [2.45, 2.75) is 19.3 Å². The number of pyridine rings is 1. The lowest BCUT2D eigenvalue weighted by molar-refractivity contribution is 0.629. The van der Waals surface area contributed by atoms with Crippen LogP contribution in [0, 0.1) is 6.54 Å². The third kappa shape index (κ3) is 1.75. The molecule has 81 valence electrons. The van der Waals surface area contributed by atoms with Crippen molar-refractivity contribution in [3.63, 3.8) is 0 Å². The Bertz CT molecular complexity index is 487. The second-order valence-electron chi connectivity index (χ2n) is 4.23. The molecule has 0 amide bonds. The first-order valence-electron chi connectivity index (χ1n) is 5.89. The van der Waals surface area contributed by atoms with Crippen LogP contribution in [0.2, 0.25) is 0 Å². The topological polar surface area (TPSA) is 16.1 Å². The molecule has 0 atom stereocenters. The Balaban J connectivity index is 1.97. The van der Waals surface area contributed by atoms with E-state index in [-0.39, 0.29) is 0 Å². The third-order valence-corrected chi connectivity index (χ3v) is 3.08. The molecule has 2 nitrogen and oxygen atoms in total. The highest BCUT2D eigenvalue weighted by atomic mass is 15.2. The summed E-state index contributed by atoms with van der Waals surface area (Å²) in [4.78, 5) is 6.97. The van der Waals surface area contributed by atoms with Crippen molar-refractivity contribution in [3.8, 4) is 0 Å². The van der Waals surface area contributed by atoms with Crippen LogP contribution in [0.5, 0.6) is 0 Å². The molecule has 16 heavy (non-hydrogen) atoms. The fourth-order valence-electron chi connectivity index (χ4n) is 2.19. The number of nitrogens with zero attached hydrogens (tertiary/aromatic N) is 2. The second kappa shape index (κ2) is 4.12. The third-order valence-electron chi connectivity index (χ3n) is 3.08. The van der Waals surface area contributed by atoms with Crippen molar-refractivity contribution in [3.05, 3.63) is 42.9 Å². The van der Waals surface area contributed by atoms with Gasteiger partial charge in [0.1, 0.15) is 5.82 Å². The second-order valence-corrected chi connectivity index (χ2v) is 4.23. The molecule has 0 N–H and O–H groups in total. The zero-order valence-corrected chi connectivity index (χ0v) is 9.26. The highest BCUT2D eigenvalue weighted by Gasteiger charge is 2.12. The van der Waals surface area contributed by atoms with E-state index in [0.717, 1.165) is 17.9 Å². The monoisotopic (exact) mass is 211 g/mol. The lowest BCUT2D eigenvalue weighted by Gasteiger charge is -2.27. The number of rotatable bonds is 1. The number of hydrogen-bond donors (Lipinski definition) is 0. The number of anilines is 1. The van der Waals surface area contributed by atoms with E-state index in [0.29, 0.717) is 0 Å². The van der Waals surface area contributed by atoms with E-state index in [2.05, 4.69) is 41.8 Å². The summed E-state index contributed by atoms with van der Waals surface area (Å²) < 4.78 is 0. The molecular formula is C14H15N2. The fourth-order valence-corrected chi connectivity index (χ4v) is 2.19. The molecule has 0 unspecified atom stereocenters. The van der Waals surface area contributed by atoms with Gasteiger partial charge in [0.15, 0.2) is 0 Å². The number of fused-ring (bicyclic) bond motifs is 1. The summed E-state index contributed by atoms with van der Waals surface area (Å²) in [5, 5.41) is 1.21. The Morgan fingerprint density at radius 3 is 2.81 bits per heavy atom. The minimum atomic E-state index is 1.08. The number of benzene rings is 1. The van der Waals surface area contributed by atoms with E-state index in [4.69, 9.17) is 4.98 Å². The maximum Gasteiger partial charge on any atom is 0.129 e. The van der Waals surface area contributed by atoms with Crippen molar-refractivity contribution in [2.24, 2.45) is 0 Å². The maximum atomic E-state index is 4.69. The van der Waals surface area contributed by atoms with Crippen molar-refractivity contribution in [2.75, 3.05) is 11.4 Å². The molecular weight excluding hydrogens is 196 g/mol. The van der Waals surface area contributed by atoms with Crippen LogP contribution in [0.25, 0.3) is 10.9 Å². The number of hydrogen-bond acceptors (Lipinski definition) is 2. The van der Waals surface area contributed by atoms with E-state index in [1.807, 2.05) is 6.07 Å². The molecule has 1 radical (unpaired) electrons. The quantitative estimate of drug-likeness (QED) is 0.718. The molecule has 2 heteroatoms. The van der Waals surface area contributed by atoms with E-state index < -0.39 is 0 Å². The van der Waals surface area contributed by atoms with E-state index >= 15 is 0 Å². The summed E-state index contributed by atoms with van der Waals surface area (Å²) in [7, 11) is 0. The largest absolute Gasteiger partial charge is 0.352 e. The summed E-state index contributed by atoms with van der Waals surface area (Å²) in [5.74, 6) is 1.08. The molecule has 2 heterocycles. The normalized spacial score (nSPS) is 16.6. The van der Waals surface area contributed by atoms with Crippen LogP contribution in [-0.2, 0) is 0 Å². The average Bonchev–Trinajstić information content (AvgIpc) is 2.39. The molecule has 1 aromatic heterocycles. The molecule has 3 rings (SSSR count). The standard InChI is InChI=1S/C14H15N2/c1-4-10-16(11-5-1)14-9-8-12-6-2-3-7-13(12)15-14/h2-3,6-10H,1,4-5,11H2. The molecule has 0 spiro atoms. The minimum Gasteiger partial charge on any atom is -0.352 e. The Hall–Kier alpha value is -1.57. The highest BCUT2D eigenvalue weighted by Crippen LogP contribution is 2.22. The Morgan fingerprint density at radius 2 is 1.94 bits per heavy atom. The van der Waals surface area contributed by atoms with Gasteiger partial charge in [0.25, 0.3) is 0 Å². The summed E-state index contributed by atoms with van der Waals surface area (Å²) in [6, 6.07) is 12.5. The van der Waals surface area contributed by atoms with Gasteiger partial charge in [0.05, 0.1) is 12.1 Å². The first kappa shape index (κ1) is 9.64. The first-order chi connectivity index (χ1) is 7.93. The van der Waals surface area contributed by atoms with Gasteiger partial charge in [-0.25, -0.2) is 4.98 Å². The molecule has 0 aliphatic carbocycles. The molecule has 1 aliphatic heterocycles. The van der Waals surface area contributed by atoms with Crippen molar-refractivity contribution < 1.29 is 0 Å². The van der Waals surface area contributed by atoms with Gasteiger partial charge < -0.3 is 4.90 Å². The van der Waals surface area contributed by atoms with Gasteiger partial charge in [-0.3, -0.25) is 0 Å². The predicted octanol–water partition coefficient (Wildman–Crippen LogP) is 3.39. The zero-order chi connectivity index (χ0) is 10.8. The molecule has 1 fully saturated rings. The smallest absolute Gasteiger partial charge is 0.129 e. The summed E-state index contributed by atoms with van der Waals surface area (Å²) in [6.45, 7) is 3.37. The first-order valence-corrected chi connectivity index (χ1v) is 5.89. The molecule has 1 aromatic carbocycles. The fraction of sp³-hybridized carbons (Fsp3) is 0.286. The van der Waals surface area contributed by atoms with Crippen LogP contribution >= 0.6 is 0 Å². The van der Waals surface area contributed by atoms with Crippen LogP contribution in [0.15, 0.2) is 36.4 Å². The molecule has 1 aliphatic rings. The Kier molecular flexibility index (Phi) is 2.49. The van der Waals surface area contributed by atoms with Crippen LogP contribution in [0.3, 0.4) is 0 Å². The number of piperidine rings is 1. The predicted molar refractivity (Wildman–Crippen MR) is 67.2 cm³/mol. The molecule has 0 saturated carbocycles. The van der Waals surface area contributed by atoms with Gasteiger partial charge in [-0.05, 0) is 37.5 Å². The van der Waals surface area contributed by atoms with Crippen LogP contribution in [0.4, 0.5) is 5.82 Å². The molecule has 0 bridgehead atoms. The van der Waals surface area contributed by atoms with Crippen LogP contribution < -0.4 is 4.90 Å². The van der Waals surface area contributed by atoms with E-state index in [1.54, 1.807) is 0 Å². The van der Waals surface area contributed by atoms with E-state index in [1.165, 1.54) is 24.6 Å². The van der Waals surface area contributed by atoms with Gasteiger partial charge in [0, 0.05) is 11.9 Å². The van der Waals surface area contributed by atoms with Gasteiger partial charge >= 0.3 is 0 Å². The molecule has 2 aromatic rings. The lowest BCUT2D eigenvalue weighted by atomic mass is 10.1. The average molecular weight is 211 g/mol. The maximum absolute atomic E-state index is 4.69. The zero-order valence-electron chi connectivity index (χ0n) is 9.26. The van der Waals surface area contributed by atoms with E-state index in [9.17, 15) is 0 Å². The SMILES string of the molecule is [CH]1CCCCN1c1ccc2ccccc2n1. The van der Waals surface area contributed by atoms with Crippen LogP contribution in [0.1, 0.15) is 19.3 Å². The lowest BCUT2D eigenvalue weighted by Crippen LogP contribution is -2.25. The molecule has 1 saturated heterocycles. The number of aromatic nitrogens is 1. The van der Waals surface area contributed by atoms with Crippen molar-refractivity contribution in [1.82, 2.24) is 4.98 Å².